The summed E-state index contributed by atoms with van der Waals surface area (Å²) in [7, 11) is 0. The zero-order valence-electron chi connectivity index (χ0n) is 19.0. The van der Waals surface area contributed by atoms with Crippen molar-refractivity contribution in [1.29, 1.82) is 0 Å². The van der Waals surface area contributed by atoms with Gasteiger partial charge in [0.05, 0.1) is 6.04 Å². The Morgan fingerprint density at radius 1 is 0.481 bits per heavy atom. The SMILES string of the molecule is CCCCCCCCCCCCCCCCCCCCCCC(CC)N=O. The van der Waals surface area contributed by atoms with Crippen LogP contribution < -0.4 is 0 Å². The van der Waals surface area contributed by atoms with Crippen LogP contribution in [0.4, 0.5) is 0 Å². The van der Waals surface area contributed by atoms with Gasteiger partial charge in [0.1, 0.15) is 0 Å². The maximum absolute atomic E-state index is 10.5. The second-order valence-corrected chi connectivity index (χ2v) is 8.67. The van der Waals surface area contributed by atoms with Crippen LogP contribution in [0.2, 0.25) is 0 Å². The summed E-state index contributed by atoms with van der Waals surface area (Å²) in [6.45, 7) is 4.35. The highest BCUT2D eigenvalue weighted by molar-refractivity contribution is 4.62. The van der Waals surface area contributed by atoms with Crippen molar-refractivity contribution in [3.05, 3.63) is 4.91 Å². The van der Waals surface area contributed by atoms with E-state index in [1.165, 1.54) is 128 Å². The zero-order valence-corrected chi connectivity index (χ0v) is 19.0. The molecule has 162 valence electrons. The smallest absolute Gasteiger partial charge is 0.0917 e. The van der Waals surface area contributed by atoms with Crippen molar-refractivity contribution >= 4 is 0 Å². The fourth-order valence-corrected chi connectivity index (χ4v) is 3.97. The molecule has 0 aliphatic heterocycles. The Labute approximate surface area is 171 Å². The summed E-state index contributed by atoms with van der Waals surface area (Å²) < 4.78 is 0. The second-order valence-electron chi connectivity index (χ2n) is 8.67. The average molecular weight is 382 g/mol. The minimum Gasteiger partial charge on any atom is -0.151 e. The quantitative estimate of drug-likeness (QED) is 0.128. The number of hydrogen-bond acceptors (Lipinski definition) is 2. The minimum atomic E-state index is 0.0700. The summed E-state index contributed by atoms with van der Waals surface area (Å²) in [4.78, 5) is 10.5. The van der Waals surface area contributed by atoms with Crippen molar-refractivity contribution in [1.82, 2.24) is 0 Å². The molecule has 0 aromatic heterocycles. The Kier molecular flexibility index (Phi) is 23.3. The van der Waals surface area contributed by atoms with Crippen molar-refractivity contribution in [3.63, 3.8) is 0 Å². The Hall–Kier alpha value is -0.400. The number of unbranched alkanes of at least 4 members (excludes halogenated alkanes) is 19. The van der Waals surface area contributed by atoms with E-state index in [1.54, 1.807) is 0 Å². The first-order valence-electron chi connectivity index (χ1n) is 12.7. The lowest BCUT2D eigenvalue weighted by atomic mass is 10.0. The fourth-order valence-electron chi connectivity index (χ4n) is 3.97. The van der Waals surface area contributed by atoms with Crippen molar-refractivity contribution in [3.8, 4) is 0 Å². The molecule has 0 N–H and O–H groups in total. The zero-order chi connectivity index (χ0) is 19.8. The van der Waals surface area contributed by atoms with Gasteiger partial charge in [0.25, 0.3) is 0 Å². The molecule has 1 unspecified atom stereocenters. The molecule has 0 saturated heterocycles. The van der Waals surface area contributed by atoms with Crippen molar-refractivity contribution in [2.24, 2.45) is 5.18 Å². The van der Waals surface area contributed by atoms with Crippen LogP contribution in [0.1, 0.15) is 155 Å². The van der Waals surface area contributed by atoms with E-state index < -0.39 is 0 Å². The Morgan fingerprint density at radius 2 is 0.778 bits per heavy atom. The highest BCUT2D eigenvalue weighted by Gasteiger charge is 2.04. The van der Waals surface area contributed by atoms with E-state index in [0.717, 1.165) is 12.8 Å². The molecule has 0 aliphatic rings. The highest BCUT2D eigenvalue weighted by Crippen LogP contribution is 2.15. The molecule has 0 fully saturated rings. The number of hydrogen-bond donors (Lipinski definition) is 0. The van der Waals surface area contributed by atoms with Crippen LogP contribution in [-0.2, 0) is 0 Å². The van der Waals surface area contributed by atoms with Gasteiger partial charge in [0, 0.05) is 0 Å². The highest BCUT2D eigenvalue weighted by atomic mass is 16.3. The molecular formula is C25H51NO. The predicted octanol–water partition coefficient (Wildman–Crippen LogP) is 9.74. The van der Waals surface area contributed by atoms with Crippen LogP contribution in [0.3, 0.4) is 0 Å². The molecule has 0 bridgehead atoms. The van der Waals surface area contributed by atoms with Gasteiger partial charge in [0.2, 0.25) is 0 Å². The van der Waals surface area contributed by atoms with Gasteiger partial charge in [-0.05, 0) is 12.8 Å². The number of nitroso groups, excluding NO2 is 1. The summed E-state index contributed by atoms with van der Waals surface area (Å²) in [5, 5.41) is 3.18. The van der Waals surface area contributed by atoms with Gasteiger partial charge in [-0.1, -0.05) is 147 Å². The third-order valence-corrected chi connectivity index (χ3v) is 6.01. The van der Waals surface area contributed by atoms with Gasteiger partial charge >= 0.3 is 0 Å². The molecule has 27 heavy (non-hydrogen) atoms. The molecule has 2 nitrogen and oxygen atoms in total. The maximum atomic E-state index is 10.5. The second kappa shape index (κ2) is 23.6. The molecule has 0 saturated carbocycles. The van der Waals surface area contributed by atoms with Crippen LogP contribution >= 0.6 is 0 Å². The van der Waals surface area contributed by atoms with E-state index in [0.29, 0.717) is 0 Å². The standard InChI is InChI=1S/C25H51NO/c1-3-5-6-7-8-9-10-11-12-13-14-15-16-17-18-19-20-21-22-23-24-25(4-2)26-27/h25H,3-24H2,1-2H3. The van der Waals surface area contributed by atoms with Gasteiger partial charge in [-0.15, -0.1) is 0 Å². The summed E-state index contributed by atoms with van der Waals surface area (Å²) in [6.07, 6.45) is 30.2. The topological polar surface area (TPSA) is 29.4 Å². The third kappa shape index (κ3) is 21.8. The lowest BCUT2D eigenvalue weighted by Crippen LogP contribution is -2.00. The molecule has 2 heteroatoms. The summed E-state index contributed by atoms with van der Waals surface area (Å²) in [5.74, 6) is 0. The first-order valence-corrected chi connectivity index (χ1v) is 12.7. The molecular weight excluding hydrogens is 330 g/mol. The van der Waals surface area contributed by atoms with Gasteiger partial charge in [0.15, 0.2) is 0 Å². The van der Waals surface area contributed by atoms with E-state index in [4.69, 9.17) is 0 Å². The van der Waals surface area contributed by atoms with E-state index >= 15 is 0 Å². The Bertz CT molecular complexity index is 279. The van der Waals surface area contributed by atoms with Crippen molar-refractivity contribution in [2.75, 3.05) is 0 Å². The lowest BCUT2D eigenvalue weighted by molar-refractivity contribution is 0.507. The van der Waals surface area contributed by atoms with E-state index in [-0.39, 0.29) is 6.04 Å². The molecule has 0 heterocycles. The van der Waals surface area contributed by atoms with E-state index in [2.05, 4.69) is 19.0 Å². The first-order chi connectivity index (χ1) is 13.3. The van der Waals surface area contributed by atoms with Gasteiger partial charge in [-0.25, -0.2) is 0 Å². The van der Waals surface area contributed by atoms with Gasteiger partial charge in [-0.2, -0.15) is 4.91 Å². The maximum Gasteiger partial charge on any atom is 0.0917 e. The Balaban J connectivity index is 3.04. The largest absolute Gasteiger partial charge is 0.151 e. The molecule has 0 radical (unpaired) electrons. The Morgan fingerprint density at radius 3 is 1.04 bits per heavy atom. The minimum absolute atomic E-state index is 0.0700. The molecule has 1 atom stereocenters. The monoisotopic (exact) mass is 381 g/mol. The van der Waals surface area contributed by atoms with E-state index in [1.807, 2.05) is 0 Å². The van der Waals surface area contributed by atoms with Gasteiger partial charge < -0.3 is 0 Å². The molecule has 0 aromatic rings. The summed E-state index contributed by atoms with van der Waals surface area (Å²) >= 11 is 0. The fraction of sp³-hybridized carbons (Fsp3) is 1.00. The number of nitrogens with zero attached hydrogens (tertiary/aromatic N) is 1. The molecule has 0 aromatic carbocycles. The van der Waals surface area contributed by atoms with Crippen LogP contribution in [0.15, 0.2) is 5.18 Å². The van der Waals surface area contributed by atoms with E-state index in [9.17, 15) is 4.91 Å². The average Bonchev–Trinajstić information content (AvgIpc) is 2.69. The number of rotatable bonds is 23. The third-order valence-electron chi connectivity index (χ3n) is 6.01. The van der Waals surface area contributed by atoms with Crippen LogP contribution in [-0.4, -0.2) is 6.04 Å². The molecule has 0 aliphatic carbocycles. The normalized spacial score (nSPS) is 12.4. The lowest BCUT2D eigenvalue weighted by Gasteiger charge is -2.06. The first kappa shape index (κ1) is 26.6. The van der Waals surface area contributed by atoms with Crippen LogP contribution in [0.25, 0.3) is 0 Å². The van der Waals surface area contributed by atoms with Crippen LogP contribution in [0.5, 0.6) is 0 Å². The van der Waals surface area contributed by atoms with Gasteiger partial charge in [-0.3, -0.25) is 0 Å². The summed E-state index contributed by atoms with van der Waals surface area (Å²) in [5.41, 5.74) is 0. The predicted molar refractivity (Wildman–Crippen MR) is 123 cm³/mol. The van der Waals surface area contributed by atoms with Crippen LogP contribution in [0, 0.1) is 4.91 Å². The molecule has 0 amide bonds. The molecule has 0 rings (SSSR count). The summed E-state index contributed by atoms with van der Waals surface area (Å²) in [6, 6.07) is 0.0700. The van der Waals surface area contributed by atoms with Crippen molar-refractivity contribution in [2.45, 2.75) is 161 Å². The molecule has 0 spiro atoms. The van der Waals surface area contributed by atoms with Crippen molar-refractivity contribution < 1.29 is 0 Å².